The third-order valence-corrected chi connectivity index (χ3v) is 3.38. The first kappa shape index (κ1) is 11.5. The van der Waals surface area contributed by atoms with Crippen molar-refractivity contribution >= 4 is 0 Å². The molecule has 2 N–H and O–H groups in total. The second-order valence-electron chi connectivity index (χ2n) is 4.46. The van der Waals surface area contributed by atoms with Gasteiger partial charge < -0.3 is 10.4 Å². The molecule has 88 valence electrons. The first-order valence-corrected chi connectivity index (χ1v) is 5.96. The summed E-state index contributed by atoms with van der Waals surface area (Å²) in [6.45, 7) is 2.07. The van der Waals surface area contributed by atoms with Crippen molar-refractivity contribution in [1.29, 1.82) is 0 Å². The predicted molar refractivity (Wildman–Crippen MR) is 61.7 cm³/mol. The molecule has 0 spiro atoms. The molecule has 1 fully saturated rings. The lowest BCUT2D eigenvalue weighted by molar-refractivity contribution is 0.192. The first-order valence-electron chi connectivity index (χ1n) is 5.96. The quantitative estimate of drug-likeness (QED) is 0.778. The Morgan fingerprint density at radius 2 is 2.19 bits per heavy atom. The van der Waals surface area contributed by atoms with E-state index in [0.29, 0.717) is 18.4 Å². The average molecular weight is 221 g/mol. The Morgan fingerprint density at radius 3 is 2.94 bits per heavy atom. The van der Waals surface area contributed by atoms with Crippen LogP contribution < -0.4 is 5.32 Å². The standard InChI is InChI=1S/C12H19N3O/c16-9-11-3-1-2-10(11)6-14-8-12-7-13-4-5-15-12/h4-5,7,10-11,14,16H,1-3,6,8-9H2. The predicted octanol–water partition coefficient (Wildman–Crippen LogP) is 0.975. The molecule has 0 bridgehead atoms. The maximum absolute atomic E-state index is 9.20. The average Bonchev–Trinajstić information content (AvgIpc) is 2.78. The van der Waals surface area contributed by atoms with E-state index < -0.39 is 0 Å². The van der Waals surface area contributed by atoms with Gasteiger partial charge in [-0.3, -0.25) is 9.97 Å². The van der Waals surface area contributed by atoms with Gasteiger partial charge >= 0.3 is 0 Å². The maximum Gasteiger partial charge on any atom is 0.0724 e. The second kappa shape index (κ2) is 5.92. The zero-order chi connectivity index (χ0) is 11.2. The van der Waals surface area contributed by atoms with E-state index in [1.54, 1.807) is 18.6 Å². The Hall–Kier alpha value is -1.00. The molecule has 1 heterocycles. The van der Waals surface area contributed by atoms with Crippen molar-refractivity contribution in [2.45, 2.75) is 25.8 Å². The largest absolute Gasteiger partial charge is 0.396 e. The van der Waals surface area contributed by atoms with Crippen LogP contribution in [0.3, 0.4) is 0 Å². The lowest BCUT2D eigenvalue weighted by Crippen LogP contribution is -2.26. The summed E-state index contributed by atoms with van der Waals surface area (Å²) >= 11 is 0. The zero-order valence-corrected chi connectivity index (χ0v) is 9.47. The first-order chi connectivity index (χ1) is 7.90. The van der Waals surface area contributed by atoms with Crippen molar-refractivity contribution in [1.82, 2.24) is 15.3 Å². The van der Waals surface area contributed by atoms with E-state index in [-0.39, 0.29) is 0 Å². The van der Waals surface area contributed by atoms with Crippen LogP contribution in [0.5, 0.6) is 0 Å². The SMILES string of the molecule is OCC1CCCC1CNCc1cnccn1. The minimum atomic E-state index is 0.331. The van der Waals surface area contributed by atoms with E-state index in [1.807, 2.05) is 0 Å². The van der Waals surface area contributed by atoms with E-state index >= 15 is 0 Å². The van der Waals surface area contributed by atoms with E-state index in [1.165, 1.54) is 19.3 Å². The summed E-state index contributed by atoms with van der Waals surface area (Å²) in [4.78, 5) is 8.23. The molecule has 0 amide bonds. The molecule has 2 unspecified atom stereocenters. The number of aromatic nitrogens is 2. The Kier molecular flexibility index (Phi) is 4.25. The van der Waals surface area contributed by atoms with Gasteiger partial charge in [0.2, 0.25) is 0 Å². The van der Waals surface area contributed by atoms with Gasteiger partial charge in [-0.1, -0.05) is 6.42 Å². The summed E-state index contributed by atoms with van der Waals surface area (Å²) in [5.74, 6) is 1.12. The van der Waals surface area contributed by atoms with Crippen LogP contribution in [-0.2, 0) is 6.54 Å². The smallest absolute Gasteiger partial charge is 0.0724 e. The molecule has 2 atom stereocenters. The fourth-order valence-corrected chi connectivity index (χ4v) is 2.43. The van der Waals surface area contributed by atoms with Crippen LogP contribution in [0.25, 0.3) is 0 Å². The van der Waals surface area contributed by atoms with Gasteiger partial charge in [0.05, 0.1) is 5.69 Å². The molecule has 2 rings (SSSR count). The van der Waals surface area contributed by atoms with Crippen LogP contribution >= 0.6 is 0 Å². The summed E-state index contributed by atoms with van der Waals surface area (Å²) in [5, 5.41) is 12.6. The molecule has 0 aliphatic heterocycles. The van der Waals surface area contributed by atoms with Crippen molar-refractivity contribution in [3.63, 3.8) is 0 Å². The van der Waals surface area contributed by atoms with Crippen LogP contribution in [-0.4, -0.2) is 28.2 Å². The topological polar surface area (TPSA) is 58.0 Å². The molecule has 4 heteroatoms. The molecule has 16 heavy (non-hydrogen) atoms. The fourth-order valence-electron chi connectivity index (χ4n) is 2.43. The molecule has 1 aromatic rings. The minimum absolute atomic E-state index is 0.331. The Balaban J connectivity index is 1.72. The molecule has 0 aromatic carbocycles. The highest BCUT2D eigenvalue weighted by Gasteiger charge is 2.25. The number of aliphatic hydroxyl groups excluding tert-OH is 1. The van der Waals surface area contributed by atoms with Crippen molar-refractivity contribution in [3.05, 3.63) is 24.3 Å². The summed E-state index contributed by atoms with van der Waals surface area (Å²) < 4.78 is 0. The van der Waals surface area contributed by atoms with Gasteiger partial charge in [-0.15, -0.1) is 0 Å². The molecule has 4 nitrogen and oxygen atoms in total. The maximum atomic E-state index is 9.20. The number of aliphatic hydroxyl groups is 1. The van der Waals surface area contributed by atoms with E-state index in [9.17, 15) is 5.11 Å². The van der Waals surface area contributed by atoms with E-state index in [0.717, 1.165) is 18.8 Å². The third kappa shape index (κ3) is 3.00. The lowest BCUT2D eigenvalue weighted by Gasteiger charge is -2.17. The normalized spacial score (nSPS) is 24.8. The Morgan fingerprint density at radius 1 is 1.31 bits per heavy atom. The summed E-state index contributed by atoms with van der Waals surface area (Å²) in [7, 11) is 0. The van der Waals surface area contributed by atoms with Crippen molar-refractivity contribution in [2.75, 3.05) is 13.2 Å². The van der Waals surface area contributed by atoms with Gasteiger partial charge in [-0.2, -0.15) is 0 Å². The van der Waals surface area contributed by atoms with Crippen LogP contribution in [0, 0.1) is 11.8 Å². The van der Waals surface area contributed by atoms with Gasteiger partial charge in [0, 0.05) is 31.7 Å². The minimum Gasteiger partial charge on any atom is -0.396 e. The number of hydrogen-bond acceptors (Lipinski definition) is 4. The van der Waals surface area contributed by atoms with Crippen LogP contribution in [0.4, 0.5) is 0 Å². The number of nitrogens with zero attached hydrogens (tertiary/aromatic N) is 2. The van der Waals surface area contributed by atoms with Crippen molar-refractivity contribution in [2.24, 2.45) is 11.8 Å². The van der Waals surface area contributed by atoms with Crippen molar-refractivity contribution < 1.29 is 5.11 Å². The Bertz CT molecular complexity index is 304. The Labute approximate surface area is 96.1 Å². The highest BCUT2D eigenvalue weighted by molar-refractivity contribution is 4.93. The molecule has 1 aromatic heterocycles. The highest BCUT2D eigenvalue weighted by Crippen LogP contribution is 2.30. The molecular weight excluding hydrogens is 202 g/mol. The van der Waals surface area contributed by atoms with Gasteiger partial charge in [-0.05, 0) is 31.2 Å². The monoisotopic (exact) mass is 221 g/mol. The van der Waals surface area contributed by atoms with Gasteiger partial charge in [0.1, 0.15) is 0 Å². The van der Waals surface area contributed by atoms with E-state index in [4.69, 9.17) is 0 Å². The second-order valence-corrected chi connectivity index (χ2v) is 4.46. The highest BCUT2D eigenvalue weighted by atomic mass is 16.3. The number of rotatable bonds is 5. The number of nitrogens with one attached hydrogen (secondary N) is 1. The van der Waals surface area contributed by atoms with Gasteiger partial charge in [0.25, 0.3) is 0 Å². The van der Waals surface area contributed by atoms with Crippen LogP contribution in [0.15, 0.2) is 18.6 Å². The van der Waals surface area contributed by atoms with Crippen molar-refractivity contribution in [3.8, 4) is 0 Å². The van der Waals surface area contributed by atoms with Gasteiger partial charge in [-0.25, -0.2) is 0 Å². The zero-order valence-electron chi connectivity index (χ0n) is 9.47. The summed E-state index contributed by atoms with van der Waals surface area (Å²) in [6, 6.07) is 0. The molecule has 0 saturated heterocycles. The molecule has 1 saturated carbocycles. The molecule has 1 aliphatic carbocycles. The summed E-state index contributed by atoms with van der Waals surface area (Å²) in [5.41, 5.74) is 0.973. The van der Waals surface area contributed by atoms with E-state index in [2.05, 4.69) is 15.3 Å². The molecule has 0 radical (unpaired) electrons. The van der Waals surface area contributed by atoms with Crippen LogP contribution in [0.1, 0.15) is 25.0 Å². The number of hydrogen-bond donors (Lipinski definition) is 2. The lowest BCUT2D eigenvalue weighted by atomic mass is 9.97. The molecule has 1 aliphatic rings. The fraction of sp³-hybridized carbons (Fsp3) is 0.667. The van der Waals surface area contributed by atoms with Gasteiger partial charge in [0.15, 0.2) is 0 Å². The third-order valence-electron chi connectivity index (χ3n) is 3.38. The van der Waals surface area contributed by atoms with Crippen LogP contribution in [0.2, 0.25) is 0 Å². The molecular formula is C12H19N3O. The summed E-state index contributed by atoms with van der Waals surface area (Å²) in [6.07, 6.45) is 8.84.